The van der Waals surface area contributed by atoms with Crippen LogP contribution >= 0.6 is 0 Å². The second-order valence-electron chi connectivity index (χ2n) is 8.90. The molecule has 1 heterocycles. The lowest BCUT2D eigenvalue weighted by Crippen LogP contribution is -2.48. The van der Waals surface area contributed by atoms with E-state index in [1.54, 1.807) is 0 Å². The van der Waals surface area contributed by atoms with E-state index in [9.17, 15) is 9.59 Å². The van der Waals surface area contributed by atoms with Gasteiger partial charge >= 0.3 is 0 Å². The van der Waals surface area contributed by atoms with Gasteiger partial charge in [-0.05, 0) is 39.8 Å². The molecule has 1 aliphatic rings. The van der Waals surface area contributed by atoms with Gasteiger partial charge in [0.25, 0.3) is 0 Å². The van der Waals surface area contributed by atoms with Gasteiger partial charge in [-0.1, -0.05) is 80.6 Å². The lowest BCUT2D eigenvalue weighted by atomic mass is 10.0. The molecule has 0 aliphatic carbocycles. The zero-order valence-corrected chi connectivity index (χ0v) is 18.3. The molecule has 3 aromatic rings. The maximum absolute atomic E-state index is 13.5. The second kappa shape index (κ2) is 9.34. The number of amides is 2. The summed E-state index contributed by atoms with van der Waals surface area (Å²) in [4.78, 5) is 27.9. The van der Waals surface area contributed by atoms with Crippen LogP contribution in [0.4, 0.5) is 0 Å². The highest BCUT2D eigenvalue weighted by Gasteiger charge is 2.30. The van der Waals surface area contributed by atoms with Crippen LogP contribution in [0.1, 0.15) is 43.4 Å². The Bertz CT molecular complexity index is 1060. The molecule has 4 heteroatoms. The van der Waals surface area contributed by atoms with E-state index in [-0.39, 0.29) is 11.8 Å². The third kappa shape index (κ3) is 5.13. The van der Waals surface area contributed by atoms with E-state index >= 15 is 0 Å². The van der Waals surface area contributed by atoms with Crippen LogP contribution < -0.4 is 5.32 Å². The maximum atomic E-state index is 13.5. The molecule has 1 aliphatic heterocycles. The molecule has 2 amide bonds. The molecular formula is C27H30N2O2. The fourth-order valence-electron chi connectivity index (χ4n) is 4.20. The molecule has 0 fully saturated rings. The first-order valence-electron chi connectivity index (χ1n) is 11.1. The Morgan fingerprint density at radius 1 is 0.903 bits per heavy atom. The number of nitrogens with zero attached hydrogens (tertiary/aromatic N) is 1. The van der Waals surface area contributed by atoms with Crippen LogP contribution in [0.5, 0.6) is 0 Å². The molecule has 0 unspecified atom stereocenters. The molecule has 0 spiro atoms. The van der Waals surface area contributed by atoms with Crippen molar-refractivity contribution >= 4 is 22.6 Å². The highest BCUT2D eigenvalue weighted by molar-refractivity contribution is 5.89. The highest BCUT2D eigenvalue weighted by atomic mass is 16.2. The summed E-state index contributed by atoms with van der Waals surface area (Å²) in [6.45, 7) is 5.41. The number of fused-ring (bicyclic) bond motifs is 2. The molecule has 3 aromatic carbocycles. The number of carbonyl (C=O) groups excluding carboxylic acids is 2. The highest BCUT2D eigenvalue weighted by Crippen LogP contribution is 2.24. The van der Waals surface area contributed by atoms with Crippen molar-refractivity contribution in [2.45, 2.75) is 52.2 Å². The van der Waals surface area contributed by atoms with Crippen molar-refractivity contribution in [1.82, 2.24) is 10.2 Å². The van der Waals surface area contributed by atoms with E-state index in [4.69, 9.17) is 0 Å². The van der Waals surface area contributed by atoms with Gasteiger partial charge in [0.15, 0.2) is 0 Å². The van der Waals surface area contributed by atoms with Gasteiger partial charge in [0, 0.05) is 25.9 Å². The predicted octanol–water partition coefficient (Wildman–Crippen LogP) is 4.85. The molecule has 4 nitrogen and oxygen atoms in total. The number of rotatable bonds is 7. The summed E-state index contributed by atoms with van der Waals surface area (Å²) in [7, 11) is 0. The van der Waals surface area contributed by atoms with Crippen molar-refractivity contribution in [3.8, 4) is 0 Å². The molecule has 0 saturated carbocycles. The first-order valence-corrected chi connectivity index (χ1v) is 11.1. The van der Waals surface area contributed by atoms with Crippen molar-refractivity contribution in [3.63, 3.8) is 0 Å². The van der Waals surface area contributed by atoms with Crippen molar-refractivity contribution in [2.24, 2.45) is 5.92 Å². The van der Waals surface area contributed by atoms with Gasteiger partial charge in [-0.25, -0.2) is 0 Å². The lowest BCUT2D eigenvalue weighted by Gasteiger charge is -2.24. The minimum atomic E-state index is -0.560. The van der Waals surface area contributed by atoms with E-state index in [1.165, 1.54) is 16.5 Å². The first-order chi connectivity index (χ1) is 15.0. The topological polar surface area (TPSA) is 49.4 Å². The fraction of sp³-hybridized carbons (Fsp3) is 0.333. The number of nitrogens with one attached hydrogen (secondary N) is 1. The Morgan fingerprint density at radius 3 is 2.23 bits per heavy atom. The Labute approximate surface area is 184 Å². The van der Waals surface area contributed by atoms with E-state index in [0.717, 1.165) is 17.4 Å². The SMILES string of the molecule is CC(C)CCC(=O)N[C@@H](Cc1ccc2ccccc2c1)C(=O)N1Cc2ccccc2C1. The Balaban J connectivity index is 1.53. The summed E-state index contributed by atoms with van der Waals surface area (Å²) in [5, 5.41) is 5.36. The lowest BCUT2D eigenvalue weighted by molar-refractivity contribution is -0.137. The van der Waals surface area contributed by atoms with Crippen LogP contribution in [-0.2, 0) is 29.1 Å². The number of benzene rings is 3. The van der Waals surface area contributed by atoms with Crippen molar-refractivity contribution in [2.75, 3.05) is 0 Å². The van der Waals surface area contributed by atoms with Gasteiger partial charge in [0.05, 0.1) is 0 Å². The zero-order valence-electron chi connectivity index (χ0n) is 18.3. The van der Waals surface area contributed by atoms with E-state index in [0.29, 0.717) is 31.8 Å². The Morgan fingerprint density at radius 2 is 1.55 bits per heavy atom. The van der Waals surface area contributed by atoms with Gasteiger partial charge in [-0.3, -0.25) is 9.59 Å². The Kier molecular flexibility index (Phi) is 6.36. The minimum Gasteiger partial charge on any atom is -0.344 e. The molecule has 0 saturated heterocycles. The Hall–Kier alpha value is -3.14. The van der Waals surface area contributed by atoms with Crippen molar-refractivity contribution in [3.05, 3.63) is 83.4 Å². The standard InChI is InChI=1S/C27H30N2O2/c1-19(2)11-14-26(30)28-25(16-20-12-13-21-7-3-4-8-22(21)15-20)27(31)29-17-23-9-5-6-10-24(23)18-29/h3-10,12-13,15,19,25H,11,14,16-18H2,1-2H3,(H,28,30)/t25-/m0/s1. The summed E-state index contributed by atoms with van der Waals surface area (Å²) in [6.07, 6.45) is 1.75. The monoisotopic (exact) mass is 414 g/mol. The van der Waals surface area contributed by atoms with E-state index in [2.05, 4.69) is 61.6 Å². The normalized spacial score (nSPS) is 14.0. The summed E-state index contributed by atoms with van der Waals surface area (Å²) >= 11 is 0. The summed E-state index contributed by atoms with van der Waals surface area (Å²) in [5.41, 5.74) is 3.43. The summed E-state index contributed by atoms with van der Waals surface area (Å²) < 4.78 is 0. The average Bonchev–Trinajstić information content (AvgIpc) is 3.21. The maximum Gasteiger partial charge on any atom is 0.246 e. The third-order valence-corrected chi connectivity index (χ3v) is 5.99. The van der Waals surface area contributed by atoms with E-state index < -0.39 is 6.04 Å². The van der Waals surface area contributed by atoms with Gasteiger partial charge in [-0.2, -0.15) is 0 Å². The quantitative estimate of drug-likeness (QED) is 0.601. The number of carbonyl (C=O) groups is 2. The van der Waals surface area contributed by atoms with Crippen LogP contribution in [0.15, 0.2) is 66.7 Å². The van der Waals surface area contributed by atoms with Crippen molar-refractivity contribution < 1.29 is 9.59 Å². The molecule has 1 atom stereocenters. The molecule has 1 N–H and O–H groups in total. The fourth-order valence-corrected chi connectivity index (χ4v) is 4.20. The van der Waals surface area contributed by atoms with Crippen LogP contribution in [0.3, 0.4) is 0 Å². The smallest absolute Gasteiger partial charge is 0.246 e. The van der Waals surface area contributed by atoms with Gasteiger partial charge in [0.1, 0.15) is 6.04 Å². The zero-order chi connectivity index (χ0) is 21.8. The summed E-state index contributed by atoms with van der Waals surface area (Å²) in [5.74, 6) is 0.389. The third-order valence-electron chi connectivity index (χ3n) is 5.99. The molecule has 0 aromatic heterocycles. The van der Waals surface area contributed by atoms with Crippen LogP contribution in [0.2, 0.25) is 0 Å². The van der Waals surface area contributed by atoms with Gasteiger partial charge in [-0.15, -0.1) is 0 Å². The largest absolute Gasteiger partial charge is 0.344 e. The van der Waals surface area contributed by atoms with E-state index in [1.807, 2.05) is 29.2 Å². The van der Waals surface area contributed by atoms with Gasteiger partial charge < -0.3 is 10.2 Å². The molecule has 0 radical (unpaired) electrons. The van der Waals surface area contributed by atoms with Gasteiger partial charge in [0.2, 0.25) is 11.8 Å². The molecule has 160 valence electrons. The molecule has 31 heavy (non-hydrogen) atoms. The van der Waals surface area contributed by atoms with Crippen LogP contribution in [0.25, 0.3) is 10.8 Å². The molecular weight excluding hydrogens is 384 g/mol. The minimum absolute atomic E-state index is 0.0118. The summed E-state index contributed by atoms with van der Waals surface area (Å²) in [6, 6.07) is 22.1. The molecule has 0 bridgehead atoms. The van der Waals surface area contributed by atoms with Crippen molar-refractivity contribution in [1.29, 1.82) is 0 Å². The van der Waals surface area contributed by atoms with Crippen LogP contribution in [0, 0.1) is 5.92 Å². The molecule has 4 rings (SSSR count). The average molecular weight is 415 g/mol. The van der Waals surface area contributed by atoms with Crippen LogP contribution in [-0.4, -0.2) is 22.8 Å². The predicted molar refractivity (Wildman–Crippen MR) is 124 cm³/mol. The second-order valence-corrected chi connectivity index (χ2v) is 8.90. The number of hydrogen-bond donors (Lipinski definition) is 1. The first kappa shape index (κ1) is 21.1. The number of hydrogen-bond acceptors (Lipinski definition) is 2.